The fourth-order valence-electron chi connectivity index (χ4n) is 1.44. The van der Waals surface area contributed by atoms with Crippen LogP contribution in [-0.4, -0.2) is 45.2 Å². The van der Waals surface area contributed by atoms with Crippen molar-refractivity contribution in [2.24, 2.45) is 0 Å². The number of nitrogens with one attached hydrogen (secondary N) is 1. The summed E-state index contributed by atoms with van der Waals surface area (Å²) < 4.78 is 6.66. The van der Waals surface area contributed by atoms with E-state index in [0.29, 0.717) is 6.61 Å². The smallest absolute Gasteiger partial charge is 0.120 e. The van der Waals surface area contributed by atoms with Crippen LogP contribution in [0.5, 0.6) is 5.75 Å². The molecule has 0 saturated carbocycles. The Morgan fingerprint density at radius 2 is 2.12 bits per heavy atom. The highest BCUT2D eigenvalue weighted by Gasteiger charge is 1.94. The molecule has 0 aliphatic carbocycles. The summed E-state index contributed by atoms with van der Waals surface area (Å²) in [6.45, 7) is 3.76. The molecule has 1 aromatic rings. The summed E-state index contributed by atoms with van der Waals surface area (Å²) in [4.78, 5) is 2.19. The van der Waals surface area contributed by atoms with Crippen LogP contribution in [0.25, 0.3) is 0 Å². The van der Waals surface area contributed by atoms with E-state index >= 15 is 0 Å². The van der Waals surface area contributed by atoms with E-state index in [2.05, 4.69) is 40.2 Å². The van der Waals surface area contributed by atoms with Crippen LogP contribution >= 0.6 is 15.9 Å². The number of hydrogen-bond acceptors (Lipinski definition) is 3. The molecular weight excluding hydrogens is 280 g/mol. The lowest BCUT2D eigenvalue weighted by atomic mass is 10.3. The standard InChI is InChI=1S/C13H21BrN2O/c1-16(2)9-4-7-15-8-10-17-13-6-3-5-12(14)11-13/h3,5-6,11,15H,4,7-10H2,1-2H3. The van der Waals surface area contributed by atoms with Gasteiger partial charge in [-0.3, -0.25) is 0 Å². The molecule has 0 aliphatic heterocycles. The molecule has 0 bridgehead atoms. The van der Waals surface area contributed by atoms with Gasteiger partial charge in [0.15, 0.2) is 0 Å². The lowest BCUT2D eigenvalue weighted by Crippen LogP contribution is -2.25. The van der Waals surface area contributed by atoms with Gasteiger partial charge in [0.25, 0.3) is 0 Å². The van der Waals surface area contributed by atoms with Crippen molar-refractivity contribution in [2.75, 3.05) is 40.3 Å². The van der Waals surface area contributed by atoms with Crippen LogP contribution < -0.4 is 10.1 Å². The number of nitrogens with zero attached hydrogens (tertiary/aromatic N) is 1. The van der Waals surface area contributed by atoms with Gasteiger partial charge in [-0.2, -0.15) is 0 Å². The molecule has 3 nitrogen and oxygen atoms in total. The zero-order chi connectivity index (χ0) is 12.5. The monoisotopic (exact) mass is 300 g/mol. The minimum atomic E-state index is 0.707. The highest BCUT2D eigenvalue weighted by atomic mass is 79.9. The van der Waals surface area contributed by atoms with Gasteiger partial charge in [-0.1, -0.05) is 22.0 Å². The summed E-state index contributed by atoms with van der Waals surface area (Å²) in [7, 11) is 4.19. The van der Waals surface area contributed by atoms with E-state index in [4.69, 9.17) is 4.74 Å². The van der Waals surface area contributed by atoms with E-state index in [1.165, 1.54) is 6.42 Å². The van der Waals surface area contributed by atoms with Gasteiger partial charge in [0, 0.05) is 11.0 Å². The van der Waals surface area contributed by atoms with Crippen LogP contribution in [0.1, 0.15) is 6.42 Å². The second-order valence-electron chi connectivity index (χ2n) is 4.21. The van der Waals surface area contributed by atoms with Crippen molar-refractivity contribution in [3.8, 4) is 5.75 Å². The Labute approximate surface area is 112 Å². The first-order valence-electron chi connectivity index (χ1n) is 5.92. The third-order valence-corrected chi connectivity index (χ3v) is 2.80. The summed E-state index contributed by atoms with van der Waals surface area (Å²) in [6, 6.07) is 7.92. The lowest BCUT2D eigenvalue weighted by Gasteiger charge is -2.10. The minimum Gasteiger partial charge on any atom is -0.492 e. The molecule has 0 aromatic heterocycles. The number of halogens is 1. The maximum Gasteiger partial charge on any atom is 0.120 e. The molecule has 0 radical (unpaired) electrons. The molecule has 0 spiro atoms. The third kappa shape index (κ3) is 7.36. The quantitative estimate of drug-likeness (QED) is 0.746. The van der Waals surface area contributed by atoms with Gasteiger partial charge in [0.1, 0.15) is 12.4 Å². The van der Waals surface area contributed by atoms with E-state index in [9.17, 15) is 0 Å². The molecule has 1 aromatic carbocycles. The summed E-state index contributed by atoms with van der Waals surface area (Å²) >= 11 is 3.42. The average Bonchev–Trinajstić information content (AvgIpc) is 2.27. The van der Waals surface area contributed by atoms with Crippen molar-refractivity contribution in [2.45, 2.75) is 6.42 Å². The summed E-state index contributed by atoms with van der Waals surface area (Å²) in [5, 5.41) is 3.36. The first-order chi connectivity index (χ1) is 8.18. The van der Waals surface area contributed by atoms with Gasteiger partial charge >= 0.3 is 0 Å². The zero-order valence-electron chi connectivity index (χ0n) is 10.6. The SMILES string of the molecule is CN(C)CCCNCCOc1cccc(Br)c1. The number of ether oxygens (including phenoxy) is 1. The van der Waals surface area contributed by atoms with E-state index in [1.54, 1.807) is 0 Å². The van der Waals surface area contributed by atoms with Gasteiger partial charge in [0.05, 0.1) is 0 Å². The first kappa shape index (κ1) is 14.5. The van der Waals surface area contributed by atoms with Crippen LogP contribution in [0, 0.1) is 0 Å². The second-order valence-corrected chi connectivity index (χ2v) is 5.13. The summed E-state index contributed by atoms with van der Waals surface area (Å²) in [5.74, 6) is 0.912. The van der Waals surface area contributed by atoms with Crippen LogP contribution in [0.2, 0.25) is 0 Å². The Morgan fingerprint density at radius 3 is 2.82 bits per heavy atom. The fourth-order valence-corrected chi connectivity index (χ4v) is 1.82. The highest BCUT2D eigenvalue weighted by molar-refractivity contribution is 9.10. The molecule has 0 atom stereocenters. The van der Waals surface area contributed by atoms with Gasteiger partial charge in [0.2, 0.25) is 0 Å². The van der Waals surface area contributed by atoms with E-state index < -0.39 is 0 Å². The van der Waals surface area contributed by atoms with E-state index in [1.807, 2.05) is 24.3 Å². The molecule has 0 unspecified atom stereocenters. The van der Waals surface area contributed by atoms with Crippen molar-refractivity contribution in [3.63, 3.8) is 0 Å². The third-order valence-electron chi connectivity index (χ3n) is 2.30. The number of rotatable bonds is 8. The molecule has 1 N–H and O–H groups in total. The molecule has 0 fully saturated rings. The Kier molecular flexibility index (Phi) is 7.24. The summed E-state index contributed by atoms with van der Waals surface area (Å²) in [6.07, 6.45) is 1.17. The number of benzene rings is 1. The van der Waals surface area contributed by atoms with Crippen LogP contribution in [0.3, 0.4) is 0 Å². The Morgan fingerprint density at radius 1 is 1.29 bits per heavy atom. The van der Waals surface area contributed by atoms with Gasteiger partial charge < -0.3 is 15.0 Å². The molecule has 0 aliphatic rings. The molecule has 0 amide bonds. The largest absolute Gasteiger partial charge is 0.492 e. The summed E-state index contributed by atoms with van der Waals surface area (Å²) in [5.41, 5.74) is 0. The molecule has 1 rings (SSSR count). The first-order valence-corrected chi connectivity index (χ1v) is 6.71. The zero-order valence-corrected chi connectivity index (χ0v) is 12.2. The van der Waals surface area contributed by atoms with Crippen molar-refractivity contribution in [3.05, 3.63) is 28.7 Å². The van der Waals surface area contributed by atoms with Gasteiger partial charge in [-0.25, -0.2) is 0 Å². The van der Waals surface area contributed by atoms with Gasteiger partial charge in [-0.15, -0.1) is 0 Å². The normalized spacial score (nSPS) is 10.8. The molecule has 17 heavy (non-hydrogen) atoms. The molecule has 96 valence electrons. The highest BCUT2D eigenvalue weighted by Crippen LogP contribution is 2.17. The molecule has 0 saturated heterocycles. The van der Waals surface area contributed by atoms with Gasteiger partial charge in [-0.05, 0) is 51.8 Å². The van der Waals surface area contributed by atoms with Crippen LogP contribution in [0.4, 0.5) is 0 Å². The van der Waals surface area contributed by atoms with Crippen molar-refractivity contribution in [1.82, 2.24) is 10.2 Å². The van der Waals surface area contributed by atoms with Crippen molar-refractivity contribution >= 4 is 15.9 Å². The fraction of sp³-hybridized carbons (Fsp3) is 0.538. The predicted molar refractivity (Wildman–Crippen MR) is 75.7 cm³/mol. The predicted octanol–water partition coefficient (Wildman–Crippen LogP) is 2.37. The number of hydrogen-bond donors (Lipinski definition) is 1. The topological polar surface area (TPSA) is 24.5 Å². The van der Waals surface area contributed by atoms with Crippen molar-refractivity contribution in [1.29, 1.82) is 0 Å². The lowest BCUT2D eigenvalue weighted by molar-refractivity contribution is 0.311. The Hall–Kier alpha value is -0.580. The van der Waals surface area contributed by atoms with E-state index in [-0.39, 0.29) is 0 Å². The second kappa shape index (κ2) is 8.50. The molecular formula is C13H21BrN2O. The maximum atomic E-state index is 5.61. The molecule has 0 heterocycles. The average molecular weight is 301 g/mol. The van der Waals surface area contributed by atoms with E-state index in [0.717, 1.165) is 29.9 Å². The van der Waals surface area contributed by atoms with Crippen LogP contribution in [0.15, 0.2) is 28.7 Å². The van der Waals surface area contributed by atoms with Crippen molar-refractivity contribution < 1.29 is 4.74 Å². The Balaban J connectivity index is 2.01. The Bertz CT molecular complexity index is 318. The minimum absolute atomic E-state index is 0.707. The maximum absolute atomic E-state index is 5.61. The van der Waals surface area contributed by atoms with Crippen LogP contribution in [-0.2, 0) is 0 Å². The molecule has 4 heteroatoms.